The minimum atomic E-state index is -0.886. The van der Waals surface area contributed by atoms with E-state index in [-0.39, 0.29) is 11.5 Å². The second-order valence-corrected chi connectivity index (χ2v) is 9.58. The first-order valence-electron chi connectivity index (χ1n) is 9.72. The molecule has 128 valence electrons. The van der Waals surface area contributed by atoms with E-state index in [4.69, 9.17) is 6.42 Å². The number of terminal acetylenes is 1. The number of rotatable bonds is 0. The van der Waals surface area contributed by atoms with Crippen molar-refractivity contribution < 1.29 is 10.2 Å². The van der Waals surface area contributed by atoms with Crippen molar-refractivity contribution in [2.24, 2.45) is 34.5 Å². The van der Waals surface area contributed by atoms with Gasteiger partial charge in [-0.15, -0.1) is 6.42 Å². The molecule has 4 saturated carbocycles. The highest BCUT2D eigenvalue weighted by molar-refractivity contribution is 5.23. The highest BCUT2D eigenvalue weighted by Gasteiger charge is 2.64. The lowest BCUT2D eigenvalue weighted by molar-refractivity contribution is -0.144. The van der Waals surface area contributed by atoms with Gasteiger partial charge in [-0.1, -0.05) is 19.8 Å². The lowest BCUT2D eigenvalue weighted by Gasteiger charge is -2.61. The quantitative estimate of drug-likeness (QED) is 0.668. The van der Waals surface area contributed by atoms with Crippen LogP contribution >= 0.6 is 0 Å². The van der Waals surface area contributed by atoms with E-state index in [9.17, 15) is 10.2 Å². The molecule has 2 heteroatoms. The molecule has 0 bridgehead atoms. The van der Waals surface area contributed by atoms with Crippen LogP contribution in [-0.4, -0.2) is 21.9 Å². The minimum absolute atomic E-state index is 0.0727. The monoisotopic (exact) mass is 316 g/mol. The molecule has 0 amide bonds. The average molecular weight is 316 g/mol. The van der Waals surface area contributed by atoms with Crippen LogP contribution in [0, 0.1) is 46.8 Å². The van der Waals surface area contributed by atoms with E-state index in [1.807, 2.05) is 0 Å². The van der Waals surface area contributed by atoms with Gasteiger partial charge in [-0.2, -0.15) is 0 Å². The summed E-state index contributed by atoms with van der Waals surface area (Å²) in [5.41, 5.74) is -0.566. The van der Waals surface area contributed by atoms with Crippen molar-refractivity contribution in [3.8, 4) is 12.3 Å². The SMILES string of the molecule is C#C[C@]1(O)CC[C@H]2[C@@H]3CC[C@H]4C[C@H](O)CC[C@]4(C)[C@H]3CC[C@@]21C. The zero-order valence-electron chi connectivity index (χ0n) is 14.7. The molecule has 0 unspecified atom stereocenters. The maximum Gasteiger partial charge on any atom is 0.130 e. The molecule has 0 aromatic carbocycles. The van der Waals surface area contributed by atoms with E-state index in [2.05, 4.69) is 19.8 Å². The molecule has 2 nitrogen and oxygen atoms in total. The first-order valence-corrected chi connectivity index (χ1v) is 9.72. The lowest BCUT2D eigenvalue weighted by Crippen LogP contribution is -2.56. The summed E-state index contributed by atoms with van der Waals surface area (Å²) in [6.07, 6.45) is 15.6. The van der Waals surface area contributed by atoms with E-state index >= 15 is 0 Å². The smallest absolute Gasteiger partial charge is 0.130 e. The normalized spacial score (nSPS) is 58.7. The van der Waals surface area contributed by atoms with Crippen molar-refractivity contribution in [2.45, 2.75) is 83.3 Å². The van der Waals surface area contributed by atoms with E-state index < -0.39 is 5.60 Å². The van der Waals surface area contributed by atoms with E-state index in [0.717, 1.165) is 43.9 Å². The van der Waals surface area contributed by atoms with Crippen LogP contribution in [0.15, 0.2) is 0 Å². The Bertz CT molecular complexity index is 536. The van der Waals surface area contributed by atoms with Crippen molar-refractivity contribution >= 4 is 0 Å². The third kappa shape index (κ3) is 1.96. The summed E-state index contributed by atoms with van der Waals surface area (Å²) in [7, 11) is 0. The largest absolute Gasteiger partial charge is 0.393 e. The third-order valence-corrected chi connectivity index (χ3v) is 9.03. The Morgan fingerprint density at radius 3 is 2.43 bits per heavy atom. The molecule has 2 N–H and O–H groups in total. The van der Waals surface area contributed by atoms with Gasteiger partial charge in [-0.3, -0.25) is 0 Å². The maximum atomic E-state index is 11.0. The molecule has 23 heavy (non-hydrogen) atoms. The zero-order valence-corrected chi connectivity index (χ0v) is 14.7. The summed E-state index contributed by atoms with van der Waals surface area (Å²) in [6.45, 7) is 4.77. The van der Waals surface area contributed by atoms with Gasteiger partial charge in [-0.25, -0.2) is 0 Å². The van der Waals surface area contributed by atoms with Crippen LogP contribution in [0.4, 0.5) is 0 Å². The first-order chi connectivity index (χ1) is 10.8. The summed E-state index contributed by atoms with van der Waals surface area (Å²) in [5.74, 6) is 5.56. The molecule has 4 rings (SSSR count). The highest BCUT2D eigenvalue weighted by Crippen LogP contribution is 2.68. The number of hydrogen-bond donors (Lipinski definition) is 2. The maximum absolute atomic E-state index is 11.0. The first kappa shape index (κ1) is 16.0. The predicted molar refractivity (Wildman–Crippen MR) is 91.5 cm³/mol. The number of hydrogen-bond acceptors (Lipinski definition) is 2. The van der Waals surface area contributed by atoms with Crippen molar-refractivity contribution in [3.05, 3.63) is 0 Å². The molecule has 4 aliphatic carbocycles. The van der Waals surface area contributed by atoms with Crippen LogP contribution < -0.4 is 0 Å². The molecule has 0 saturated heterocycles. The Morgan fingerprint density at radius 2 is 1.70 bits per heavy atom. The fourth-order valence-electron chi connectivity index (χ4n) is 7.49. The fraction of sp³-hybridized carbons (Fsp3) is 0.905. The second kappa shape index (κ2) is 4.99. The van der Waals surface area contributed by atoms with Crippen LogP contribution in [-0.2, 0) is 0 Å². The molecule has 0 aromatic heterocycles. The number of aliphatic hydroxyl groups excluding tert-OH is 1. The lowest BCUT2D eigenvalue weighted by atomic mass is 9.44. The van der Waals surface area contributed by atoms with E-state index in [1.54, 1.807) is 0 Å². The molecule has 0 aliphatic heterocycles. The Balaban J connectivity index is 1.65. The van der Waals surface area contributed by atoms with Crippen LogP contribution in [0.1, 0.15) is 71.6 Å². The summed E-state index contributed by atoms with van der Waals surface area (Å²) < 4.78 is 0. The van der Waals surface area contributed by atoms with Crippen LogP contribution in [0.25, 0.3) is 0 Å². The molecule has 4 aliphatic rings. The van der Waals surface area contributed by atoms with Crippen molar-refractivity contribution in [2.75, 3.05) is 0 Å². The van der Waals surface area contributed by atoms with Crippen LogP contribution in [0.2, 0.25) is 0 Å². The Morgan fingerprint density at radius 1 is 0.957 bits per heavy atom. The summed E-state index contributed by atoms with van der Waals surface area (Å²) in [5, 5.41) is 21.1. The topological polar surface area (TPSA) is 40.5 Å². The molecule has 0 radical (unpaired) electrons. The van der Waals surface area contributed by atoms with Gasteiger partial charge in [-0.05, 0) is 86.9 Å². The number of fused-ring (bicyclic) bond motifs is 5. The van der Waals surface area contributed by atoms with Crippen molar-refractivity contribution in [3.63, 3.8) is 0 Å². The standard InChI is InChI=1S/C21H32O2/c1-4-21(23)12-9-18-16-6-5-14-13-15(22)7-10-19(14,2)17(16)8-11-20(18,21)3/h1,14-18,22-23H,5-13H2,2-3H3/t14-,15+,16+,17-,18-,19-,20-,21-/m0/s1. The molecule has 0 spiro atoms. The highest BCUT2D eigenvalue weighted by atomic mass is 16.3. The predicted octanol–water partition coefficient (Wildman–Crippen LogP) is 3.75. The summed E-state index contributed by atoms with van der Waals surface area (Å²) in [4.78, 5) is 0. The van der Waals surface area contributed by atoms with Crippen LogP contribution in [0.3, 0.4) is 0 Å². The molecule has 0 heterocycles. The van der Waals surface area contributed by atoms with Gasteiger partial charge in [0.15, 0.2) is 0 Å². The van der Waals surface area contributed by atoms with Gasteiger partial charge in [0.2, 0.25) is 0 Å². The van der Waals surface area contributed by atoms with E-state index in [1.165, 1.54) is 25.7 Å². The van der Waals surface area contributed by atoms with Crippen molar-refractivity contribution in [1.29, 1.82) is 0 Å². The minimum Gasteiger partial charge on any atom is -0.393 e. The van der Waals surface area contributed by atoms with E-state index in [0.29, 0.717) is 17.3 Å². The Labute approximate surface area is 141 Å². The Hall–Kier alpha value is -0.520. The summed E-state index contributed by atoms with van der Waals surface area (Å²) in [6, 6.07) is 0. The van der Waals surface area contributed by atoms with Gasteiger partial charge < -0.3 is 10.2 Å². The van der Waals surface area contributed by atoms with Gasteiger partial charge in [0.1, 0.15) is 5.60 Å². The fourth-order valence-corrected chi connectivity index (χ4v) is 7.49. The van der Waals surface area contributed by atoms with Crippen molar-refractivity contribution in [1.82, 2.24) is 0 Å². The third-order valence-electron chi connectivity index (χ3n) is 9.03. The van der Waals surface area contributed by atoms with Gasteiger partial charge in [0, 0.05) is 5.41 Å². The average Bonchev–Trinajstić information content (AvgIpc) is 2.80. The molecule has 0 aromatic rings. The molecular formula is C21H32O2. The van der Waals surface area contributed by atoms with Crippen LogP contribution in [0.5, 0.6) is 0 Å². The second-order valence-electron chi connectivity index (χ2n) is 9.58. The Kier molecular flexibility index (Phi) is 3.47. The molecular weight excluding hydrogens is 284 g/mol. The van der Waals surface area contributed by atoms with Gasteiger partial charge in [0.25, 0.3) is 0 Å². The summed E-state index contributed by atoms with van der Waals surface area (Å²) >= 11 is 0. The molecule has 8 atom stereocenters. The van der Waals surface area contributed by atoms with Gasteiger partial charge >= 0.3 is 0 Å². The van der Waals surface area contributed by atoms with Gasteiger partial charge in [0.05, 0.1) is 6.10 Å². The number of aliphatic hydroxyl groups is 2. The zero-order chi connectivity index (χ0) is 16.5. The molecule has 4 fully saturated rings.